The fraction of sp³-hybridized carbons (Fsp3) is 0.417. The Morgan fingerprint density at radius 2 is 2.15 bits per heavy atom. The largest absolute Gasteiger partial charge is 0.481 e. The van der Waals surface area contributed by atoms with E-state index in [4.69, 9.17) is 10.5 Å². The maximum absolute atomic E-state index is 11.9. The molecule has 0 bridgehead atoms. The monoisotopic (exact) mass is 290 g/mol. The summed E-state index contributed by atoms with van der Waals surface area (Å²) < 4.78 is 45.5. The summed E-state index contributed by atoms with van der Waals surface area (Å²) in [5, 5.41) is 0. The van der Waals surface area contributed by atoms with E-state index in [1.54, 1.807) is 18.2 Å². The number of nitrogens with zero attached hydrogens (tertiary/aromatic N) is 1. The van der Waals surface area contributed by atoms with Crippen LogP contribution in [-0.4, -0.2) is 38.4 Å². The van der Waals surface area contributed by atoms with E-state index in [-0.39, 0.29) is 25.7 Å². The number of benzene rings is 1. The SMILES string of the molecule is Nc1ccc2c(c1)OCC(=O)N2CCOCC(F)(F)F. The highest BCUT2D eigenvalue weighted by atomic mass is 19.4. The van der Waals surface area contributed by atoms with Gasteiger partial charge < -0.3 is 20.1 Å². The molecule has 0 aliphatic carbocycles. The summed E-state index contributed by atoms with van der Waals surface area (Å²) in [7, 11) is 0. The van der Waals surface area contributed by atoms with Crippen molar-refractivity contribution in [2.75, 3.05) is 37.0 Å². The van der Waals surface area contributed by atoms with Crippen LogP contribution in [-0.2, 0) is 9.53 Å². The van der Waals surface area contributed by atoms with Crippen LogP contribution in [0.3, 0.4) is 0 Å². The van der Waals surface area contributed by atoms with Gasteiger partial charge in [0.25, 0.3) is 5.91 Å². The molecule has 0 spiro atoms. The van der Waals surface area contributed by atoms with Crippen LogP contribution in [0.1, 0.15) is 0 Å². The molecule has 0 radical (unpaired) electrons. The molecule has 1 aliphatic heterocycles. The van der Waals surface area contributed by atoms with Crippen LogP contribution in [0.2, 0.25) is 0 Å². The molecule has 0 atom stereocenters. The number of carbonyl (C=O) groups excluding carboxylic acids is 1. The van der Waals surface area contributed by atoms with Crippen molar-refractivity contribution in [2.45, 2.75) is 6.18 Å². The third-order valence-corrected chi connectivity index (χ3v) is 2.65. The second-order valence-corrected chi connectivity index (χ2v) is 4.23. The van der Waals surface area contributed by atoms with E-state index in [9.17, 15) is 18.0 Å². The number of halogens is 3. The van der Waals surface area contributed by atoms with Crippen molar-refractivity contribution < 1.29 is 27.4 Å². The standard InChI is InChI=1S/C12H13F3N2O3/c13-12(14,15)7-19-4-3-17-9-2-1-8(16)5-10(9)20-6-11(17)18/h1-2,5H,3-4,6-7,16H2. The van der Waals surface area contributed by atoms with Crippen LogP contribution in [0.15, 0.2) is 18.2 Å². The summed E-state index contributed by atoms with van der Waals surface area (Å²) in [6.45, 7) is -1.69. The normalized spacial score (nSPS) is 14.9. The molecular formula is C12H13F3N2O3. The number of nitrogen functional groups attached to an aromatic ring is 1. The number of ether oxygens (including phenoxy) is 2. The van der Waals surface area contributed by atoms with Gasteiger partial charge in [0, 0.05) is 18.3 Å². The minimum absolute atomic E-state index is 0.0230. The summed E-state index contributed by atoms with van der Waals surface area (Å²) >= 11 is 0. The molecule has 1 aromatic rings. The molecule has 0 saturated heterocycles. The van der Waals surface area contributed by atoms with Crippen LogP contribution < -0.4 is 15.4 Å². The van der Waals surface area contributed by atoms with Crippen molar-refractivity contribution in [2.24, 2.45) is 0 Å². The number of rotatable bonds is 4. The molecule has 2 N–H and O–H groups in total. The smallest absolute Gasteiger partial charge is 0.411 e. The van der Waals surface area contributed by atoms with E-state index < -0.39 is 12.8 Å². The molecule has 2 rings (SSSR count). The van der Waals surface area contributed by atoms with Crippen molar-refractivity contribution in [1.29, 1.82) is 0 Å². The van der Waals surface area contributed by atoms with Gasteiger partial charge in [0.2, 0.25) is 0 Å². The number of nitrogens with two attached hydrogens (primary N) is 1. The predicted octanol–water partition coefficient (Wildman–Crippen LogP) is 1.57. The molecule has 0 unspecified atom stereocenters. The van der Waals surface area contributed by atoms with Crippen LogP contribution in [0.4, 0.5) is 24.5 Å². The Kier molecular flexibility index (Phi) is 4.03. The van der Waals surface area contributed by atoms with Gasteiger partial charge in [-0.1, -0.05) is 0 Å². The number of anilines is 2. The average Bonchev–Trinajstić information content (AvgIpc) is 2.35. The van der Waals surface area contributed by atoms with Gasteiger partial charge in [-0.05, 0) is 12.1 Å². The zero-order valence-corrected chi connectivity index (χ0v) is 10.4. The average molecular weight is 290 g/mol. The number of hydrogen-bond acceptors (Lipinski definition) is 4. The predicted molar refractivity (Wildman–Crippen MR) is 65.6 cm³/mol. The summed E-state index contributed by atoms with van der Waals surface area (Å²) in [6, 6.07) is 4.74. The van der Waals surface area contributed by atoms with Gasteiger partial charge in [0.05, 0.1) is 12.3 Å². The Balaban J connectivity index is 1.99. The Morgan fingerprint density at radius 1 is 1.40 bits per heavy atom. The lowest BCUT2D eigenvalue weighted by Gasteiger charge is -2.29. The molecule has 5 nitrogen and oxygen atoms in total. The zero-order valence-electron chi connectivity index (χ0n) is 10.4. The van der Waals surface area contributed by atoms with Gasteiger partial charge in [0.1, 0.15) is 12.4 Å². The highest BCUT2D eigenvalue weighted by Crippen LogP contribution is 2.33. The number of hydrogen-bond donors (Lipinski definition) is 1. The molecule has 8 heteroatoms. The topological polar surface area (TPSA) is 64.8 Å². The molecule has 1 aromatic carbocycles. The van der Waals surface area contributed by atoms with Gasteiger partial charge in [0.15, 0.2) is 6.61 Å². The minimum Gasteiger partial charge on any atom is -0.481 e. The van der Waals surface area contributed by atoms with Crippen LogP contribution in [0, 0.1) is 0 Å². The van der Waals surface area contributed by atoms with Crippen LogP contribution in [0.25, 0.3) is 0 Å². The lowest BCUT2D eigenvalue weighted by molar-refractivity contribution is -0.173. The quantitative estimate of drug-likeness (QED) is 0.675. The van der Waals surface area contributed by atoms with Gasteiger partial charge in [-0.25, -0.2) is 0 Å². The molecule has 1 amide bonds. The molecular weight excluding hydrogens is 277 g/mol. The van der Waals surface area contributed by atoms with E-state index >= 15 is 0 Å². The first kappa shape index (κ1) is 14.4. The van der Waals surface area contributed by atoms with Gasteiger partial charge >= 0.3 is 6.18 Å². The first-order valence-electron chi connectivity index (χ1n) is 5.84. The maximum atomic E-state index is 11.9. The Labute approximate surface area is 113 Å². The second-order valence-electron chi connectivity index (χ2n) is 4.23. The Morgan fingerprint density at radius 3 is 2.85 bits per heavy atom. The second kappa shape index (κ2) is 5.58. The van der Waals surface area contributed by atoms with E-state index in [1.807, 2.05) is 0 Å². The number of carbonyl (C=O) groups is 1. The molecule has 0 aromatic heterocycles. The van der Waals surface area contributed by atoms with E-state index in [0.29, 0.717) is 17.1 Å². The number of alkyl halides is 3. The summed E-state index contributed by atoms with van der Waals surface area (Å²) in [5.74, 6) is 0.0956. The molecule has 1 heterocycles. The molecule has 20 heavy (non-hydrogen) atoms. The Bertz CT molecular complexity index is 505. The van der Waals surface area contributed by atoms with E-state index in [2.05, 4.69) is 4.74 Å². The zero-order chi connectivity index (χ0) is 14.8. The first-order valence-corrected chi connectivity index (χ1v) is 5.84. The highest BCUT2D eigenvalue weighted by molar-refractivity contribution is 5.98. The molecule has 110 valence electrons. The van der Waals surface area contributed by atoms with Crippen molar-refractivity contribution in [1.82, 2.24) is 0 Å². The van der Waals surface area contributed by atoms with Gasteiger partial charge in [-0.2, -0.15) is 13.2 Å². The summed E-state index contributed by atoms with van der Waals surface area (Å²) in [6.07, 6.45) is -4.37. The molecule has 0 saturated carbocycles. The van der Waals surface area contributed by atoms with Gasteiger partial charge in [-0.15, -0.1) is 0 Å². The van der Waals surface area contributed by atoms with Gasteiger partial charge in [-0.3, -0.25) is 4.79 Å². The lowest BCUT2D eigenvalue weighted by atomic mass is 10.2. The third kappa shape index (κ3) is 3.53. The summed E-state index contributed by atoms with van der Waals surface area (Å²) in [5.41, 5.74) is 6.55. The molecule has 1 aliphatic rings. The fourth-order valence-electron chi connectivity index (χ4n) is 1.81. The first-order chi connectivity index (χ1) is 9.37. The van der Waals surface area contributed by atoms with Crippen LogP contribution in [0.5, 0.6) is 5.75 Å². The maximum Gasteiger partial charge on any atom is 0.411 e. The fourth-order valence-corrected chi connectivity index (χ4v) is 1.81. The summed E-state index contributed by atoms with van der Waals surface area (Å²) in [4.78, 5) is 13.1. The van der Waals surface area contributed by atoms with Crippen molar-refractivity contribution >= 4 is 17.3 Å². The van der Waals surface area contributed by atoms with E-state index in [1.165, 1.54) is 4.90 Å². The lowest BCUT2D eigenvalue weighted by Crippen LogP contribution is -2.41. The Hall–Kier alpha value is -1.96. The molecule has 0 fully saturated rings. The van der Waals surface area contributed by atoms with Crippen LogP contribution >= 0.6 is 0 Å². The van der Waals surface area contributed by atoms with Crippen molar-refractivity contribution in [3.63, 3.8) is 0 Å². The van der Waals surface area contributed by atoms with Crippen molar-refractivity contribution in [3.05, 3.63) is 18.2 Å². The minimum atomic E-state index is -4.37. The van der Waals surface area contributed by atoms with Crippen molar-refractivity contribution in [3.8, 4) is 5.75 Å². The number of amides is 1. The number of fused-ring (bicyclic) bond motifs is 1. The third-order valence-electron chi connectivity index (χ3n) is 2.65. The van der Waals surface area contributed by atoms with E-state index in [0.717, 1.165) is 0 Å². The highest BCUT2D eigenvalue weighted by Gasteiger charge is 2.29.